The first kappa shape index (κ1) is 14.9. The molecule has 1 unspecified atom stereocenters. The van der Waals surface area contributed by atoms with Crippen LogP contribution in [0.3, 0.4) is 0 Å². The van der Waals surface area contributed by atoms with Gasteiger partial charge in [0.2, 0.25) is 5.91 Å². The van der Waals surface area contributed by atoms with Crippen LogP contribution in [-0.2, 0) is 20.7 Å². The van der Waals surface area contributed by atoms with Crippen LogP contribution in [0, 0.1) is 0 Å². The molecule has 7 heteroatoms. The Hall–Kier alpha value is -2.15. The molecule has 1 aromatic rings. The van der Waals surface area contributed by atoms with Crippen molar-refractivity contribution < 1.29 is 19.4 Å². The minimum absolute atomic E-state index is 0.115. The molecule has 1 atom stereocenters. The van der Waals surface area contributed by atoms with E-state index in [1.165, 1.54) is 13.3 Å². The fourth-order valence-electron chi connectivity index (χ4n) is 1.43. The van der Waals surface area contributed by atoms with Gasteiger partial charge >= 0.3 is 5.97 Å². The molecule has 0 aliphatic rings. The lowest BCUT2D eigenvalue weighted by atomic mass is 10.2. The van der Waals surface area contributed by atoms with Gasteiger partial charge in [-0.2, -0.15) is 0 Å². The third-order valence-corrected chi connectivity index (χ3v) is 2.45. The number of nitrogens with one attached hydrogen (secondary N) is 1. The monoisotopic (exact) mass is 267 g/mol. The van der Waals surface area contributed by atoms with Crippen LogP contribution in [0.2, 0.25) is 0 Å². The number of anilines is 1. The van der Waals surface area contributed by atoms with Gasteiger partial charge in [0.25, 0.3) is 0 Å². The van der Waals surface area contributed by atoms with Crippen LogP contribution in [-0.4, -0.2) is 41.7 Å². The maximum atomic E-state index is 11.6. The number of carboxylic acid groups (broad SMARTS) is 1. The van der Waals surface area contributed by atoms with Crippen molar-refractivity contribution in [1.82, 2.24) is 10.3 Å². The van der Waals surface area contributed by atoms with Gasteiger partial charge in [-0.3, -0.25) is 14.6 Å². The summed E-state index contributed by atoms with van der Waals surface area (Å²) < 4.78 is 4.95. The van der Waals surface area contributed by atoms with Gasteiger partial charge in [0.05, 0.1) is 30.8 Å². The first-order valence-electron chi connectivity index (χ1n) is 5.73. The number of pyridine rings is 1. The fourth-order valence-corrected chi connectivity index (χ4v) is 1.43. The van der Waals surface area contributed by atoms with Crippen molar-refractivity contribution in [2.45, 2.75) is 18.9 Å². The molecule has 0 aliphatic carbocycles. The molecule has 7 nitrogen and oxygen atoms in total. The Morgan fingerprint density at radius 3 is 2.79 bits per heavy atom. The molecule has 0 saturated heterocycles. The summed E-state index contributed by atoms with van der Waals surface area (Å²) >= 11 is 0. The van der Waals surface area contributed by atoms with Gasteiger partial charge in [-0.25, -0.2) is 0 Å². The highest BCUT2D eigenvalue weighted by molar-refractivity contribution is 5.78. The predicted octanol–water partition coefficient (Wildman–Crippen LogP) is -0.188. The summed E-state index contributed by atoms with van der Waals surface area (Å²) in [4.78, 5) is 26.1. The Kier molecular flexibility index (Phi) is 5.74. The SMILES string of the molecule is COC(CNC(=O)Cc1ccc(N)cn1)CC(=O)O. The van der Waals surface area contributed by atoms with E-state index in [4.69, 9.17) is 15.6 Å². The fraction of sp³-hybridized carbons (Fsp3) is 0.417. The van der Waals surface area contributed by atoms with Crippen molar-refractivity contribution in [2.24, 2.45) is 0 Å². The number of amides is 1. The van der Waals surface area contributed by atoms with Gasteiger partial charge in [0.1, 0.15) is 0 Å². The molecule has 0 spiro atoms. The molecule has 0 fully saturated rings. The first-order chi connectivity index (χ1) is 9.01. The zero-order chi connectivity index (χ0) is 14.3. The minimum Gasteiger partial charge on any atom is -0.481 e. The molecule has 1 aromatic heterocycles. The summed E-state index contributed by atoms with van der Waals surface area (Å²) in [6, 6.07) is 3.33. The number of carbonyl (C=O) groups excluding carboxylic acids is 1. The molecule has 1 heterocycles. The highest BCUT2D eigenvalue weighted by Gasteiger charge is 2.13. The standard InChI is InChI=1S/C12H17N3O4/c1-19-10(5-12(17)18)7-15-11(16)4-9-3-2-8(13)6-14-9/h2-3,6,10H,4-5,7,13H2,1H3,(H,15,16)(H,17,18). The number of carbonyl (C=O) groups is 2. The number of hydrogen-bond acceptors (Lipinski definition) is 5. The van der Waals surface area contributed by atoms with Crippen molar-refractivity contribution in [2.75, 3.05) is 19.4 Å². The maximum absolute atomic E-state index is 11.6. The van der Waals surface area contributed by atoms with Crippen LogP contribution in [0.15, 0.2) is 18.3 Å². The van der Waals surface area contributed by atoms with Gasteiger partial charge in [0.15, 0.2) is 0 Å². The number of rotatable bonds is 7. The Balaban J connectivity index is 2.38. The highest BCUT2D eigenvalue weighted by atomic mass is 16.5. The predicted molar refractivity (Wildman–Crippen MR) is 68.4 cm³/mol. The summed E-state index contributed by atoms with van der Waals surface area (Å²) in [5.41, 5.74) is 6.61. The second kappa shape index (κ2) is 7.32. The van der Waals surface area contributed by atoms with Gasteiger partial charge < -0.3 is 20.9 Å². The van der Waals surface area contributed by atoms with E-state index in [-0.39, 0.29) is 25.3 Å². The van der Waals surface area contributed by atoms with Gasteiger partial charge in [-0.05, 0) is 12.1 Å². The average molecular weight is 267 g/mol. The van der Waals surface area contributed by atoms with Crippen LogP contribution in [0.5, 0.6) is 0 Å². The lowest BCUT2D eigenvalue weighted by Gasteiger charge is -2.13. The van der Waals surface area contributed by atoms with E-state index in [1.54, 1.807) is 12.1 Å². The number of nitrogens with two attached hydrogens (primary N) is 1. The number of methoxy groups -OCH3 is 1. The number of nitrogens with zero attached hydrogens (tertiary/aromatic N) is 1. The number of carboxylic acids is 1. The summed E-state index contributed by atoms with van der Waals surface area (Å²) in [5.74, 6) is -1.22. The highest BCUT2D eigenvalue weighted by Crippen LogP contribution is 2.02. The zero-order valence-electron chi connectivity index (χ0n) is 10.6. The summed E-state index contributed by atoms with van der Waals surface area (Å²) in [5, 5.41) is 11.2. The van der Waals surface area contributed by atoms with Crippen LogP contribution in [0.25, 0.3) is 0 Å². The Labute approximate surface area is 110 Å². The smallest absolute Gasteiger partial charge is 0.306 e. The summed E-state index contributed by atoms with van der Waals surface area (Å²) in [7, 11) is 1.40. The molecule has 1 rings (SSSR count). The normalized spacial score (nSPS) is 11.8. The van der Waals surface area contributed by atoms with Crippen LogP contribution >= 0.6 is 0 Å². The summed E-state index contributed by atoms with van der Waals surface area (Å²) in [6.45, 7) is 0.149. The molecule has 0 aliphatic heterocycles. The number of nitrogen functional groups attached to an aromatic ring is 1. The molecular formula is C12H17N3O4. The van der Waals surface area contributed by atoms with Crippen molar-refractivity contribution in [1.29, 1.82) is 0 Å². The van der Waals surface area contributed by atoms with Crippen molar-refractivity contribution in [3.63, 3.8) is 0 Å². The quantitative estimate of drug-likeness (QED) is 0.631. The maximum Gasteiger partial charge on any atom is 0.306 e. The Bertz CT molecular complexity index is 433. The Morgan fingerprint density at radius 2 is 2.26 bits per heavy atom. The lowest BCUT2D eigenvalue weighted by molar-refractivity contribution is -0.140. The molecule has 1 amide bonds. The average Bonchev–Trinajstić information content (AvgIpc) is 2.37. The van der Waals surface area contributed by atoms with Gasteiger partial charge in [-0.15, -0.1) is 0 Å². The number of ether oxygens (including phenoxy) is 1. The number of hydrogen-bond donors (Lipinski definition) is 3. The Morgan fingerprint density at radius 1 is 1.53 bits per heavy atom. The van der Waals surface area contributed by atoms with E-state index < -0.39 is 12.1 Å². The van der Waals surface area contributed by atoms with E-state index in [0.717, 1.165) is 0 Å². The minimum atomic E-state index is -0.971. The van der Waals surface area contributed by atoms with Crippen LogP contribution < -0.4 is 11.1 Å². The van der Waals surface area contributed by atoms with Gasteiger partial charge in [-0.1, -0.05) is 0 Å². The van der Waals surface area contributed by atoms with Crippen molar-refractivity contribution in [3.05, 3.63) is 24.0 Å². The third kappa shape index (κ3) is 5.82. The van der Waals surface area contributed by atoms with E-state index in [1.807, 2.05) is 0 Å². The lowest BCUT2D eigenvalue weighted by Crippen LogP contribution is -2.35. The van der Waals surface area contributed by atoms with Gasteiger partial charge in [0, 0.05) is 19.3 Å². The van der Waals surface area contributed by atoms with E-state index in [2.05, 4.69) is 10.3 Å². The van der Waals surface area contributed by atoms with Crippen LogP contribution in [0.4, 0.5) is 5.69 Å². The summed E-state index contributed by atoms with van der Waals surface area (Å²) in [6.07, 6.45) is 0.895. The molecule has 0 bridgehead atoms. The third-order valence-electron chi connectivity index (χ3n) is 2.45. The van der Waals surface area contributed by atoms with E-state index in [9.17, 15) is 9.59 Å². The largest absolute Gasteiger partial charge is 0.481 e. The van der Waals surface area contributed by atoms with Crippen molar-refractivity contribution >= 4 is 17.6 Å². The zero-order valence-corrected chi connectivity index (χ0v) is 10.6. The molecule has 0 aromatic carbocycles. The van der Waals surface area contributed by atoms with E-state index >= 15 is 0 Å². The van der Waals surface area contributed by atoms with Crippen molar-refractivity contribution in [3.8, 4) is 0 Å². The topological polar surface area (TPSA) is 115 Å². The number of aromatic nitrogens is 1. The molecule has 4 N–H and O–H groups in total. The van der Waals surface area contributed by atoms with Crippen LogP contribution in [0.1, 0.15) is 12.1 Å². The molecule has 104 valence electrons. The molecule has 0 saturated carbocycles. The first-order valence-corrected chi connectivity index (χ1v) is 5.73. The second-order valence-corrected chi connectivity index (χ2v) is 4.02. The molecule has 0 radical (unpaired) electrons. The molecular weight excluding hydrogens is 250 g/mol. The second-order valence-electron chi connectivity index (χ2n) is 4.02. The van der Waals surface area contributed by atoms with E-state index in [0.29, 0.717) is 11.4 Å². The number of aliphatic carboxylic acids is 1. The molecule has 19 heavy (non-hydrogen) atoms.